The van der Waals surface area contributed by atoms with Gasteiger partial charge in [-0.3, -0.25) is 9.80 Å². The van der Waals surface area contributed by atoms with Crippen LogP contribution in [0.15, 0.2) is 48.5 Å². The van der Waals surface area contributed by atoms with Crippen molar-refractivity contribution >= 4 is 11.8 Å². The zero-order valence-corrected chi connectivity index (χ0v) is 17.5. The Morgan fingerprint density at radius 2 is 1.67 bits per heavy atom. The van der Waals surface area contributed by atoms with Crippen molar-refractivity contribution in [1.82, 2.24) is 4.90 Å². The molecular formula is C23H28N2O5. The zero-order chi connectivity index (χ0) is 20.9. The molecule has 2 heterocycles. The zero-order valence-electron chi connectivity index (χ0n) is 17.5. The van der Waals surface area contributed by atoms with E-state index in [1.807, 2.05) is 48.5 Å². The third-order valence-electron chi connectivity index (χ3n) is 5.60. The monoisotopic (exact) mass is 412 g/mol. The summed E-state index contributed by atoms with van der Waals surface area (Å²) < 4.78 is 22.2. The lowest BCUT2D eigenvalue weighted by Crippen LogP contribution is -2.42. The number of methoxy groups -OCH3 is 2. The molecule has 0 aromatic heterocycles. The summed E-state index contributed by atoms with van der Waals surface area (Å²) in [4.78, 5) is 16.3. The van der Waals surface area contributed by atoms with E-state index in [1.54, 1.807) is 19.1 Å². The first kappa shape index (κ1) is 20.3. The molecule has 0 aliphatic carbocycles. The first-order valence-corrected chi connectivity index (χ1v) is 10.3. The number of likely N-dealkylation sites (tertiary alicyclic amines) is 1. The van der Waals surface area contributed by atoms with Gasteiger partial charge >= 0.3 is 6.09 Å². The lowest BCUT2D eigenvalue weighted by Gasteiger charge is -2.33. The van der Waals surface area contributed by atoms with Crippen LogP contribution in [0.2, 0.25) is 0 Å². The Morgan fingerprint density at radius 1 is 0.967 bits per heavy atom. The molecule has 7 heteroatoms. The van der Waals surface area contributed by atoms with Crippen molar-refractivity contribution in [2.24, 2.45) is 0 Å². The number of rotatable bonds is 7. The number of cyclic esters (lactones) is 1. The number of hydrogen-bond donors (Lipinski definition) is 0. The molecule has 7 nitrogen and oxygen atoms in total. The van der Waals surface area contributed by atoms with Gasteiger partial charge in [0.1, 0.15) is 29.5 Å². The molecule has 0 spiro atoms. The Bertz CT molecular complexity index is 849. The molecule has 160 valence electrons. The summed E-state index contributed by atoms with van der Waals surface area (Å²) in [5, 5.41) is 0. The maximum Gasteiger partial charge on any atom is 0.414 e. The second-order valence-electron chi connectivity index (χ2n) is 7.61. The molecule has 2 aromatic carbocycles. The van der Waals surface area contributed by atoms with Crippen molar-refractivity contribution in [2.75, 3.05) is 45.3 Å². The van der Waals surface area contributed by atoms with Crippen LogP contribution in [0.25, 0.3) is 0 Å². The molecule has 30 heavy (non-hydrogen) atoms. The highest BCUT2D eigenvalue weighted by Gasteiger charge is 2.34. The third-order valence-corrected chi connectivity index (χ3v) is 5.60. The molecule has 1 atom stereocenters. The van der Waals surface area contributed by atoms with Gasteiger partial charge in [0.25, 0.3) is 0 Å². The summed E-state index contributed by atoms with van der Waals surface area (Å²) in [6.07, 6.45) is 1.66. The molecule has 0 radical (unpaired) electrons. The second kappa shape index (κ2) is 9.26. The Balaban J connectivity index is 1.25. The van der Waals surface area contributed by atoms with E-state index < -0.39 is 0 Å². The summed E-state index contributed by atoms with van der Waals surface area (Å²) in [5.41, 5.74) is 0.827. The normalized spacial score (nSPS) is 20.1. The second-order valence-corrected chi connectivity index (χ2v) is 7.61. The number of carbonyl (C=O) groups is 1. The molecule has 2 aliphatic rings. The molecule has 0 saturated carbocycles. The largest absolute Gasteiger partial charge is 0.497 e. The van der Waals surface area contributed by atoms with E-state index in [2.05, 4.69) is 4.90 Å². The predicted molar refractivity (Wildman–Crippen MR) is 114 cm³/mol. The molecular weight excluding hydrogens is 384 g/mol. The van der Waals surface area contributed by atoms with E-state index >= 15 is 0 Å². The van der Waals surface area contributed by atoms with E-state index in [1.165, 1.54) is 0 Å². The van der Waals surface area contributed by atoms with Gasteiger partial charge in [-0.2, -0.15) is 0 Å². The SMILES string of the molecule is COc1ccc(N2CC(CN3CCC(Oc4cccc(OC)c4)CC3)OC2=O)cc1. The Morgan fingerprint density at radius 3 is 2.37 bits per heavy atom. The molecule has 0 bridgehead atoms. The highest BCUT2D eigenvalue weighted by atomic mass is 16.6. The Kier molecular flexibility index (Phi) is 6.28. The molecule has 0 N–H and O–H groups in total. The highest BCUT2D eigenvalue weighted by molar-refractivity contribution is 5.89. The van der Waals surface area contributed by atoms with E-state index in [9.17, 15) is 4.79 Å². The minimum absolute atomic E-state index is 0.129. The lowest BCUT2D eigenvalue weighted by atomic mass is 10.1. The molecule has 2 aromatic rings. The Labute approximate surface area is 177 Å². The van der Waals surface area contributed by atoms with Crippen LogP contribution in [0.1, 0.15) is 12.8 Å². The molecule has 4 rings (SSSR count). The minimum Gasteiger partial charge on any atom is -0.497 e. The van der Waals surface area contributed by atoms with Crippen LogP contribution >= 0.6 is 0 Å². The van der Waals surface area contributed by atoms with E-state index in [4.69, 9.17) is 18.9 Å². The van der Waals surface area contributed by atoms with Crippen LogP contribution in [0.5, 0.6) is 17.2 Å². The number of benzene rings is 2. The van der Waals surface area contributed by atoms with Crippen molar-refractivity contribution in [3.05, 3.63) is 48.5 Å². The van der Waals surface area contributed by atoms with Gasteiger partial charge in [-0.25, -0.2) is 4.79 Å². The fraction of sp³-hybridized carbons (Fsp3) is 0.435. The van der Waals surface area contributed by atoms with Crippen molar-refractivity contribution < 1.29 is 23.7 Å². The van der Waals surface area contributed by atoms with Crippen LogP contribution < -0.4 is 19.1 Å². The molecule has 2 saturated heterocycles. The molecule has 1 amide bonds. The third kappa shape index (κ3) is 4.79. The number of anilines is 1. The summed E-state index contributed by atoms with van der Waals surface area (Å²) in [7, 11) is 3.28. The number of carbonyl (C=O) groups excluding carboxylic acids is 1. The number of piperidine rings is 1. The van der Waals surface area contributed by atoms with Gasteiger partial charge in [-0.15, -0.1) is 0 Å². The summed E-state index contributed by atoms with van der Waals surface area (Å²) in [6, 6.07) is 15.2. The quantitative estimate of drug-likeness (QED) is 0.693. The maximum absolute atomic E-state index is 12.3. The van der Waals surface area contributed by atoms with Gasteiger partial charge in [-0.05, 0) is 49.2 Å². The first-order chi connectivity index (χ1) is 14.6. The van der Waals surface area contributed by atoms with Crippen LogP contribution in [-0.4, -0.2) is 63.6 Å². The summed E-state index contributed by atoms with van der Waals surface area (Å²) in [6.45, 7) is 3.14. The van der Waals surface area contributed by atoms with E-state index in [0.717, 1.165) is 55.4 Å². The van der Waals surface area contributed by atoms with Gasteiger partial charge in [0.05, 0.1) is 20.8 Å². The molecule has 1 unspecified atom stereocenters. The van der Waals surface area contributed by atoms with Crippen LogP contribution in [0.3, 0.4) is 0 Å². The average Bonchev–Trinajstić information content (AvgIpc) is 3.15. The lowest BCUT2D eigenvalue weighted by molar-refractivity contribution is 0.0654. The van der Waals surface area contributed by atoms with Crippen molar-refractivity contribution in [3.63, 3.8) is 0 Å². The van der Waals surface area contributed by atoms with Crippen LogP contribution in [-0.2, 0) is 4.74 Å². The van der Waals surface area contributed by atoms with Crippen LogP contribution in [0, 0.1) is 0 Å². The van der Waals surface area contributed by atoms with Gasteiger partial charge < -0.3 is 18.9 Å². The van der Waals surface area contributed by atoms with Crippen LogP contribution in [0.4, 0.5) is 10.5 Å². The summed E-state index contributed by atoms with van der Waals surface area (Å²) in [5.74, 6) is 2.41. The molecule has 2 aliphatic heterocycles. The van der Waals surface area contributed by atoms with Gasteiger partial charge in [0.15, 0.2) is 0 Å². The van der Waals surface area contributed by atoms with Gasteiger partial charge in [0, 0.05) is 31.4 Å². The van der Waals surface area contributed by atoms with Gasteiger partial charge in [0.2, 0.25) is 0 Å². The smallest absolute Gasteiger partial charge is 0.414 e. The fourth-order valence-corrected chi connectivity index (χ4v) is 3.95. The van der Waals surface area contributed by atoms with Crippen molar-refractivity contribution in [1.29, 1.82) is 0 Å². The first-order valence-electron chi connectivity index (χ1n) is 10.3. The average molecular weight is 412 g/mol. The van der Waals surface area contributed by atoms with Crippen molar-refractivity contribution in [2.45, 2.75) is 25.0 Å². The topological polar surface area (TPSA) is 60.5 Å². The highest BCUT2D eigenvalue weighted by Crippen LogP contribution is 2.26. The van der Waals surface area contributed by atoms with Gasteiger partial charge in [-0.1, -0.05) is 6.07 Å². The maximum atomic E-state index is 12.3. The fourth-order valence-electron chi connectivity index (χ4n) is 3.95. The number of hydrogen-bond acceptors (Lipinski definition) is 6. The van der Waals surface area contributed by atoms with Crippen molar-refractivity contribution in [3.8, 4) is 17.2 Å². The number of amides is 1. The Hall–Kier alpha value is -2.93. The number of ether oxygens (including phenoxy) is 4. The standard InChI is InChI=1S/C23H28N2O5/c1-27-18-8-6-17(7-9-18)25-16-22(30-23(25)26)15-24-12-10-19(11-13-24)29-21-5-3-4-20(14-21)28-2/h3-9,14,19,22H,10-13,15-16H2,1-2H3. The van der Waals surface area contributed by atoms with E-state index in [-0.39, 0.29) is 18.3 Å². The van der Waals surface area contributed by atoms with E-state index in [0.29, 0.717) is 6.54 Å². The minimum atomic E-state index is -0.290. The predicted octanol–water partition coefficient (Wildman–Crippen LogP) is 3.57. The number of nitrogens with zero attached hydrogens (tertiary/aromatic N) is 2. The molecule has 2 fully saturated rings. The summed E-state index contributed by atoms with van der Waals surface area (Å²) >= 11 is 0.